The molecule has 1 saturated carbocycles. The Labute approximate surface area is 109 Å². The summed E-state index contributed by atoms with van der Waals surface area (Å²) in [6, 6.07) is 8.02. The van der Waals surface area contributed by atoms with Crippen molar-refractivity contribution >= 4 is 27.5 Å². The third-order valence-corrected chi connectivity index (χ3v) is 4.88. The van der Waals surface area contributed by atoms with Crippen molar-refractivity contribution in [3.05, 3.63) is 29.3 Å². The van der Waals surface area contributed by atoms with Crippen LogP contribution in [0.1, 0.15) is 36.6 Å². The first-order valence-corrected chi connectivity index (χ1v) is 7.15. The summed E-state index contributed by atoms with van der Waals surface area (Å²) in [4.78, 5) is 16.0. The molecule has 2 atom stereocenters. The number of hydrogen-bond acceptors (Lipinski definition) is 3. The second-order valence-corrected chi connectivity index (χ2v) is 5.92. The number of carboxylic acids is 1. The lowest BCUT2D eigenvalue weighted by Gasteiger charge is -2.26. The van der Waals surface area contributed by atoms with Gasteiger partial charge >= 0.3 is 5.97 Å². The third kappa shape index (κ3) is 2.01. The van der Waals surface area contributed by atoms with Crippen molar-refractivity contribution in [3.63, 3.8) is 0 Å². The fourth-order valence-electron chi connectivity index (χ4n) is 2.77. The van der Waals surface area contributed by atoms with Crippen molar-refractivity contribution in [2.45, 2.75) is 31.6 Å². The van der Waals surface area contributed by atoms with Crippen molar-refractivity contribution in [3.8, 4) is 0 Å². The SMILES string of the molecule is O=C(O)C1CCCCC1c1nc2ccccc2s1. The lowest BCUT2D eigenvalue weighted by molar-refractivity contribution is -0.143. The Hall–Kier alpha value is -1.42. The van der Waals surface area contributed by atoms with E-state index in [-0.39, 0.29) is 11.8 Å². The number of carbonyl (C=O) groups is 1. The molecule has 1 aliphatic rings. The molecular formula is C14H15NO2S. The van der Waals surface area contributed by atoms with Gasteiger partial charge in [0.15, 0.2) is 0 Å². The fourth-order valence-corrected chi connectivity index (χ4v) is 3.94. The van der Waals surface area contributed by atoms with Crippen LogP contribution in [0.5, 0.6) is 0 Å². The zero-order chi connectivity index (χ0) is 12.5. The molecule has 0 radical (unpaired) electrons. The summed E-state index contributed by atoms with van der Waals surface area (Å²) in [5, 5.41) is 10.3. The minimum atomic E-state index is -0.668. The minimum absolute atomic E-state index is 0.105. The average Bonchev–Trinajstić information content (AvgIpc) is 2.82. The largest absolute Gasteiger partial charge is 0.481 e. The van der Waals surface area contributed by atoms with E-state index in [9.17, 15) is 9.90 Å². The van der Waals surface area contributed by atoms with E-state index in [1.165, 1.54) is 0 Å². The van der Waals surface area contributed by atoms with Crippen LogP contribution >= 0.6 is 11.3 Å². The summed E-state index contributed by atoms with van der Waals surface area (Å²) in [5.41, 5.74) is 0.993. The number of hydrogen-bond donors (Lipinski definition) is 1. The molecule has 0 spiro atoms. The molecule has 94 valence electrons. The number of thiazole rings is 1. The zero-order valence-electron chi connectivity index (χ0n) is 10.0. The molecule has 4 heteroatoms. The summed E-state index contributed by atoms with van der Waals surface area (Å²) in [6.45, 7) is 0. The number of benzene rings is 1. The van der Waals surface area contributed by atoms with Gasteiger partial charge in [0.05, 0.1) is 21.1 Å². The van der Waals surface area contributed by atoms with Crippen molar-refractivity contribution in [2.24, 2.45) is 5.92 Å². The third-order valence-electron chi connectivity index (χ3n) is 3.71. The Morgan fingerprint density at radius 1 is 1.28 bits per heavy atom. The van der Waals surface area contributed by atoms with Crippen molar-refractivity contribution in [1.29, 1.82) is 0 Å². The summed E-state index contributed by atoms with van der Waals surface area (Å²) < 4.78 is 1.15. The number of carboxylic acid groups (broad SMARTS) is 1. The summed E-state index contributed by atoms with van der Waals surface area (Å²) in [6.07, 6.45) is 3.88. The first-order valence-electron chi connectivity index (χ1n) is 6.34. The topological polar surface area (TPSA) is 50.2 Å². The molecule has 18 heavy (non-hydrogen) atoms. The van der Waals surface area contributed by atoms with Crippen LogP contribution in [0.4, 0.5) is 0 Å². The lowest BCUT2D eigenvalue weighted by atomic mass is 9.79. The van der Waals surface area contributed by atoms with Crippen LogP contribution in [0, 0.1) is 5.92 Å². The number of fused-ring (bicyclic) bond motifs is 1. The van der Waals surface area contributed by atoms with Gasteiger partial charge in [-0.1, -0.05) is 25.0 Å². The standard InChI is InChI=1S/C14H15NO2S/c16-14(17)10-6-2-1-5-9(10)13-15-11-7-3-4-8-12(11)18-13/h3-4,7-10H,1-2,5-6H2,(H,16,17). The van der Waals surface area contributed by atoms with Gasteiger partial charge in [-0.25, -0.2) is 4.98 Å². The lowest BCUT2D eigenvalue weighted by Crippen LogP contribution is -2.25. The molecule has 1 fully saturated rings. The molecule has 0 amide bonds. The molecule has 1 aromatic heterocycles. The predicted molar refractivity (Wildman–Crippen MR) is 72.0 cm³/mol. The number of aromatic nitrogens is 1. The van der Waals surface area contributed by atoms with Gasteiger partial charge in [-0.3, -0.25) is 4.79 Å². The molecule has 1 heterocycles. The highest BCUT2D eigenvalue weighted by Gasteiger charge is 2.33. The van der Waals surface area contributed by atoms with Gasteiger partial charge in [-0.05, 0) is 25.0 Å². The van der Waals surface area contributed by atoms with Gasteiger partial charge in [0, 0.05) is 5.92 Å². The van der Waals surface area contributed by atoms with Gasteiger partial charge in [0.2, 0.25) is 0 Å². The van der Waals surface area contributed by atoms with Crippen molar-refractivity contribution in [1.82, 2.24) is 4.98 Å². The van der Waals surface area contributed by atoms with E-state index in [1.54, 1.807) is 11.3 Å². The van der Waals surface area contributed by atoms with E-state index in [0.29, 0.717) is 0 Å². The number of para-hydroxylation sites is 1. The molecule has 1 aromatic carbocycles. The van der Waals surface area contributed by atoms with E-state index in [2.05, 4.69) is 11.1 Å². The molecule has 2 aromatic rings. The smallest absolute Gasteiger partial charge is 0.307 e. The average molecular weight is 261 g/mol. The Morgan fingerprint density at radius 3 is 2.83 bits per heavy atom. The van der Waals surface area contributed by atoms with Gasteiger partial charge in [-0.15, -0.1) is 11.3 Å². The van der Waals surface area contributed by atoms with Crippen LogP contribution in [0.2, 0.25) is 0 Å². The van der Waals surface area contributed by atoms with E-state index in [4.69, 9.17) is 0 Å². The normalized spacial score (nSPS) is 24.2. The molecule has 3 rings (SSSR count). The van der Waals surface area contributed by atoms with Gasteiger partial charge in [0.25, 0.3) is 0 Å². The maximum absolute atomic E-state index is 11.3. The van der Waals surface area contributed by atoms with Crippen molar-refractivity contribution in [2.75, 3.05) is 0 Å². The first-order chi connectivity index (χ1) is 8.75. The monoisotopic (exact) mass is 261 g/mol. The summed E-state index contributed by atoms with van der Waals surface area (Å²) >= 11 is 1.65. The van der Waals surface area contributed by atoms with Crippen LogP contribution in [0.25, 0.3) is 10.2 Å². The molecule has 0 bridgehead atoms. The molecule has 2 unspecified atom stereocenters. The molecular weight excluding hydrogens is 246 g/mol. The highest BCUT2D eigenvalue weighted by Crippen LogP contribution is 2.40. The molecule has 1 N–H and O–H groups in total. The second kappa shape index (κ2) is 4.69. The van der Waals surface area contributed by atoms with E-state index < -0.39 is 5.97 Å². The maximum Gasteiger partial charge on any atom is 0.307 e. The Bertz CT molecular complexity index is 545. The van der Waals surface area contributed by atoms with Crippen LogP contribution in [0.3, 0.4) is 0 Å². The molecule has 3 nitrogen and oxygen atoms in total. The second-order valence-electron chi connectivity index (χ2n) is 4.86. The van der Waals surface area contributed by atoms with E-state index in [1.807, 2.05) is 18.2 Å². The van der Waals surface area contributed by atoms with Gasteiger partial charge in [-0.2, -0.15) is 0 Å². The number of nitrogens with zero attached hydrogens (tertiary/aromatic N) is 1. The Kier molecular flexibility index (Phi) is 3.04. The van der Waals surface area contributed by atoms with Crippen LogP contribution < -0.4 is 0 Å². The summed E-state index contributed by atoms with van der Waals surface area (Å²) in [5.74, 6) is -0.813. The summed E-state index contributed by atoms with van der Waals surface area (Å²) in [7, 11) is 0. The highest BCUT2D eigenvalue weighted by atomic mass is 32.1. The van der Waals surface area contributed by atoms with Crippen LogP contribution in [-0.2, 0) is 4.79 Å². The zero-order valence-corrected chi connectivity index (χ0v) is 10.8. The van der Waals surface area contributed by atoms with E-state index in [0.717, 1.165) is 40.9 Å². The van der Waals surface area contributed by atoms with Crippen LogP contribution in [-0.4, -0.2) is 16.1 Å². The molecule has 0 saturated heterocycles. The highest BCUT2D eigenvalue weighted by molar-refractivity contribution is 7.18. The quantitative estimate of drug-likeness (QED) is 0.897. The molecule has 1 aliphatic carbocycles. The van der Waals surface area contributed by atoms with Crippen molar-refractivity contribution < 1.29 is 9.90 Å². The van der Waals surface area contributed by atoms with Gasteiger partial charge in [0.1, 0.15) is 0 Å². The maximum atomic E-state index is 11.3. The predicted octanol–water partition coefficient (Wildman–Crippen LogP) is 3.65. The Balaban J connectivity index is 1.98. The molecule has 0 aliphatic heterocycles. The number of aliphatic carboxylic acids is 1. The van der Waals surface area contributed by atoms with Gasteiger partial charge < -0.3 is 5.11 Å². The minimum Gasteiger partial charge on any atom is -0.481 e. The first kappa shape index (κ1) is 11.7. The van der Waals surface area contributed by atoms with Crippen LogP contribution in [0.15, 0.2) is 24.3 Å². The van der Waals surface area contributed by atoms with E-state index >= 15 is 0 Å². The Morgan fingerprint density at radius 2 is 2.06 bits per heavy atom. The number of rotatable bonds is 2. The fraction of sp³-hybridized carbons (Fsp3) is 0.429.